The summed E-state index contributed by atoms with van der Waals surface area (Å²) < 4.78 is 5.34. The van der Waals surface area contributed by atoms with Gasteiger partial charge in [-0.15, -0.1) is 0 Å². The molecule has 2 N–H and O–H groups in total. The highest BCUT2D eigenvalue weighted by molar-refractivity contribution is 6.30. The van der Waals surface area contributed by atoms with Crippen LogP contribution in [0.1, 0.15) is 13.3 Å². The van der Waals surface area contributed by atoms with Crippen LogP contribution in [0.4, 0.5) is 5.69 Å². The number of nitrogens with zero attached hydrogens (tertiary/aromatic N) is 1. The zero-order valence-corrected chi connectivity index (χ0v) is 11.5. The van der Waals surface area contributed by atoms with Crippen LogP contribution < -0.4 is 15.4 Å². The van der Waals surface area contributed by atoms with E-state index >= 15 is 0 Å². The summed E-state index contributed by atoms with van der Waals surface area (Å²) in [4.78, 5) is 2.14. The molecule has 0 aliphatic carbocycles. The Morgan fingerprint density at radius 1 is 1.47 bits per heavy atom. The fourth-order valence-corrected chi connectivity index (χ4v) is 1.98. The summed E-state index contributed by atoms with van der Waals surface area (Å²) in [6, 6.07) is 5.64. The van der Waals surface area contributed by atoms with Crippen molar-refractivity contribution in [2.45, 2.75) is 13.3 Å². The first-order valence-electron chi connectivity index (χ1n) is 5.87. The molecule has 1 aromatic carbocycles. The predicted molar refractivity (Wildman–Crippen MR) is 74.1 cm³/mol. The molecule has 1 atom stereocenters. The average molecular weight is 257 g/mol. The molecule has 0 aliphatic rings. The fourth-order valence-electron chi connectivity index (χ4n) is 1.82. The number of benzene rings is 1. The lowest BCUT2D eigenvalue weighted by Crippen LogP contribution is -2.29. The van der Waals surface area contributed by atoms with Crippen molar-refractivity contribution in [2.75, 3.05) is 32.1 Å². The molecule has 0 saturated carbocycles. The van der Waals surface area contributed by atoms with E-state index < -0.39 is 0 Å². The summed E-state index contributed by atoms with van der Waals surface area (Å²) >= 11 is 6.02. The molecule has 1 aromatic rings. The largest absolute Gasteiger partial charge is 0.495 e. The number of halogens is 1. The maximum Gasteiger partial charge on any atom is 0.142 e. The van der Waals surface area contributed by atoms with Crippen LogP contribution in [0.3, 0.4) is 0 Å². The van der Waals surface area contributed by atoms with Crippen molar-refractivity contribution in [1.29, 1.82) is 0 Å². The van der Waals surface area contributed by atoms with Crippen LogP contribution >= 0.6 is 11.6 Å². The van der Waals surface area contributed by atoms with Gasteiger partial charge in [0.15, 0.2) is 0 Å². The molecular formula is C13H21ClN2O. The number of nitrogens with two attached hydrogens (primary N) is 1. The van der Waals surface area contributed by atoms with E-state index in [0.29, 0.717) is 17.5 Å². The molecular weight excluding hydrogens is 236 g/mol. The van der Waals surface area contributed by atoms with E-state index in [4.69, 9.17) is 22.1 Å². The third-order valence-electron chi connectivity index (χ3n) is 2.99. The van der Waals surface area contributed by atoms with Gasteiger partial charge in [0.05, 0.1) is 12.8 Å². The topological polar surface area (TPSA) is 38.5 Å². The summed E-state index contributed by atoms with van der Waals surface area (Å²) in [6.07, 6.45) is 1.07. The van der Waals surface area contributed by atoms with Gasteiger partial charge in [-0.2, -0.15) is 0 Å². The molecule has 0 radical (unpaired) electrons. The Hall–Kier alpha value is -0.930. The SMILES string of the molecule is CCC(CN)CN(C)c1cc(Cl)ccc1OC. The first-order valence-corrected chi connectivity index (χ1v) is 6.24. The van der Waals surface area contributed by atoms with Gasteiger partial charge in [-0.1, -0.05) is 24.9 Å². The molecule has 0 saturated heterocycles. The van der Waals surface area contributed by atoms with E-state index in [1.165, 1.54) is 0 Å². The predicted octanol–water partition coefficient (Wildman–Crippen LogP) is 2.77. The van der Waals surface area contributed by atoms with Gasteiger partial charge in [-0.05, 0) is 30.7 Å². The molecule has 1 unspecified atom stereocenters. The van der Waals surface area contributed by atoms with Gasteiger partial charge in [-0.3, -0.25) is 0 Å². The summed E-state index contributed by atoms with van der Waals surface area (Å²) in [5, 5.41) is 0.716. The molecule has 96 valence electrons. The Bertz CT molecular complexity index is 353. The van der Waals surface area contributed by atoms with Crippen LogP contribution in [-0.4, -0.2) is 27.2 Å². The molecule has 3 nitrogen and oxygen atoms in total. The van der Waals surface area contributed by atoms with Crippen LogP contribution in [-0.2, 0) is 0 Å². The van der Waals surface area contributed by atoms with E-state index in [1.807, 2.05) is 25.2 Å². The summed E-state index contributed by atoms with van der Waals surface area (Å²) in [6.45, 7) is 3.76. The molecule has 4 heteroatoms. The number of hydrogen-bond donors (Lipinski definition) is 1. The van der Waals surface area contributed by atoms with Crippen molar-refractivity contribution in [2.24, 2.45) is 11.7 Å². The second kappa shape index (κ2) is 6.72. The number of rotatable bonds is 6. The Labute approximate surface area is 109 Å². The number of ether oxygens (including phenoxy) is 1. The van der Waals surface area contributed by atoms with E-state index in [0.717, 1.165) is 24.4 Å². The van der Waals surface area contributed by atoms with Crippen LogP contribution in [0, 0.1) is 5.92 Å². The zero-order valence-electron chi connectivity index (χ0n) is 10.7. The standard InChI is InChI=1S/C13H21ClN2O/c1-4-10(8-15)9-16(2)12-7-11(14)5-6-13(12)17-3/h5-7,10H,4,8-9,15H2,1-3H3. The minimum Gasteiger partial charge on any atom is -0.495 e. The second-order valence-electron chi connectivity index (χ2n) is 4.21. The van der Waals surface area contributed by atoms with Crippen LogP contribution in [0.5, 0.6) is 5.75 Å². The molecule has 0 aliphatic heterocycles. The van der Waals surface area contributed by atoms with Gasteiger partial charge < -0.3 is 15.4 Å². The molecule has 0 bridgehead atoms. The fraction of sp³-hybridized carbons (Fsp3) is 0.538. The second-order valence-corrected chi connectivity index (χ2v) is 4.64. The number of anilines is 1. The van der Waals surface area contributed by atoms with Gasteiger partial charge in [0.2, 0.25) is 0 Å². The van der Waals surface area contributed by atoms with Crippen LogP contribution in [0.15, 0.2) is 18.2 Å². The highest BCUT2D eigenvalue weighted by Gasteiger charge is 2.12. The summed E-state index contributed by atoms with van der Waals surface area (Å²) in [7, 11) is 3.70. The van der Waals surface area contributed by atoms with E-state index in [9.17, 15) is 0 Å². The lowest BCUT2D eigenvalue weighted by molar-refractivity contribution is 0.413. The Morgan fingerprint density at radius 3 is 2.71 bits per heavy atom. The van der Waals surface area contributed by atoms with Crippen molar-refractivity contribution < 1.29 is 4.74 Å². The minimum atomic E-state index is 0.490. The van der Waals surface area contributed by atoms with E-state index in [1.54, 1.807) is 7.11 Å². The number of methoxy groups -OCH3 is 1. The lowest BCUT2D eigenvalue weighted by atomic mass is 10.1. The quantitative estimate of drug-likeness (QED) is 0.851. The van der Waals surface area contributed by atoms with Crippen LogP contribution in [0.2, 0.25) is 5.02 Å². The van der Waals surface area contributed by atoms with E-state index in [2.05, 4.69) is 11.8 Å². The molecule has 17 heavy (non-hydrogen) atoms. The van der Waals surface area contributed by atoms with Crippen molar-refractivity contribution in [3.05, 3.63) is 23.2 Å². The Morgan fingerprint density at radius 2 is 2.18 bits per heavy atom. The highest BCUT2D eigenvalue weighted by Crippen LogP contribution is 2.30. The molecule has 0 spiro atoms. The maximum atomic E-state index is 6.02. The highest BCUT2D eigenvalue weighted by atomic mass is 35.5. The van der Waals surface area contributed by atoms with Crippen LogP contribution in [0.25, 0.3) is 0 Å². The van der Waals surface area contributed by atoms with Gasteiger partial charge >= 0.3 is 0 Å². The van der Waals surface area contributed by atoms with Gasteiger partial charge in [0.1, 0.15) is 5.75 Å². The Balaban J connectivity index is 2.86. The van der Waals surface area contributed by atoms with E-state index in [-0.39, 0.29) is 0 Å². The normalized spacial score (nSPS) is 12.3. The van der Waals surface area contributed by atoms with Gasteiger partial charge in [0.25, 0.3) is 0 Å². The first-order chi connectivity index (χ1) is 8.12. The van der Waals surface area contributed by atoms with Gasteiger partial charge in [-0.25, -0.2) is 0 Å². The first kappa shape index (κ1) is 14.1. The molecule has 0 aromatic heterocycles. The van der Waals surface area contributed by atoms with Crippen molar-refractivity contribution in [3.63, 3.8) is 0 Å². The van der Waals surface area contributed by atoms with Gasteiger partial charge in [0, 0.05) is 18.6 Å². The third-order valence-corrected chi connectivity index (χ3v) is 3.23. The summed E-state index contributed by atoms with van der Waals surface area (Å²) in [5.41, 5.74) is 6.73. The zero-order chi connectivity index (χ0) is 12.8. The number of hydrogen-bond acceptors (Lipinski definition) is 3. The van der Waals surface area contributed by atoms with Crippen molar-refractivity contribution >= 4 is 17.3 Å². The third kappa shape index (κ3) is 3.79. The molecule has 0 amide bonds. The summed E-state index contributed by atoms with van der Waals surface area (Å²) in [5.74, 6) is 1.33. The van der Waals surface area contributed by atoms with Crippen molar-refractivity contribution in [1.82, 2.24) is 0 Å². The maximum absolute atomic E-state index is 6.02. The molecule has 0 fully saturated rings. The molecule has 1 rings (SSSR count). The van der Waals surface area contributed by atoms with Crippen molar-refractivity contribution in [3.8, 4) is 5.75 Å². The lowest BCUT2D eigenvalue weighted by Gasteiger charge is -2.25. The average Bonchev–Trinajstić information content (AvgIpc) is 2.35. The monoisotopic (exact) mass is 256 g/mol. The smallest absolute Gasteiger partial charge is 0.142 e. The Kier molecular flexibility index (Phi) is 5.59. The molecule has 0 heterocycles. The minimum absolute atomic E-state index is 0.490.